The molecular weight excluding hydrogens is 268 g/mol. The first-order valence-corrected chi connectivity index (χ1v) is 6.36. The van der Waals surface area contributed by atoms with Crippen molar-refractivity contribution in [3.63, 3.8) is 0 Å². The largest absolute Gasteiger partial charge is 0.369 e. The predicted molar refractivity (Wildman–Crippen MR) is 70.0 cm³/mol. The van der Waals surface area contributed by atoms with Crippen LogP contribution in [-0.4, -0.2) is 38.6 Å². The number of halogens is 1. The molecule has 1 atom stereocenters. The van der Waals surface area contributed by atoms with Crippen molar-refractivity contribution in [3.8, 4) is 0 Å². The molecule has 19 heavy (non-hydrogen) atoms. The highest BCUT2D eigenvalue weighted by Crippen LogP contribution is 2.29. The third-order valence-electron chi connectivity index (χ3n) is 3.46. The SMILES string of the molecule is Cc1c(Cl)nc2ncnn2c1N1CCC(C(N)=O)C1. The number of hydrogen-bond donors (Lipinski definition) is 1. The van der Waals surface area contributed by atoms with Crippen LogP contribution < -0.4 is 10.6 Å². The van der Waals surface area contributed by atoms with E-state index in [4.69, 9.17) is 17.3 Å². The molecule has 7 nitrogen and oxygen atoms in total. The van der Waals surface area contributed by atoms with Crippen molar-refractivity contribution < 1.29 is 4.79 Å². The van der Waals surface area contributed by atoms with E-state index < -0.39 is 0 Å². The Morgan fingerprint density at radius 1 is 1.58 bits per heavy atom. The standard InChI is InChI=1S/C11H13ClN6O/c1-6-8(12)16-11-14-5-15-18(11)10(6)17-3-2-7(4-17)9(13)19/h5,7H,2-4H2,1H3,(H2,13,19). The molecule has 0 aromatic carbocycles. The van der Waals surface area contributed by atoms with Crippen LogP contribution in [0.15, 0.2) is 6.33 Å². The summed E-state index contributed by atoms with van der Waals surface area (Å²) in [5, 5.41) is 4.56. The summed E-state index contributed by atoms with van der Waals surface area (Å²) >= 11 is 6.12. The number of amides is 1. The molecule has 0 saturated carbocycles. The lowest BCUT2D eigenvalue weighted by molar-refractivity contribution is -0.121. The molecule has 0 spiro atoms. The van der Waals surface area contributed by atoms with Gasteiger partial charge in [0.15, 0.2) is 0 Å². The van der Waals surface area contributed by atoms with Crippen molar-refractivity contribution in [2.75, 3.05) is 18.0 Å². The van der Waals surface area contributed by atoms with Crippen molar-refractivity contribution in [3.05, 3.63) is 17.0 Å². The van der Waals surface area contributed by atoms with Gasteiger partial charge in [-0.3, -0.25) is 4.79 Å². The second-order valence-corrected chi connectivity index (χ2v) is 5.02. The number of primary amides is 1. The molecule has 8 heteroatoms. The Labute approximate surface area is 114 Å². The Hall–Kier alpha value is -1.89. The second-order valence-electron chi connectivity index (χ2n) is 4.66. The number of fused-ring (bicyclic) bond motifs is 1. The zero-order chi connectivity index (χ0) is 13.6. The second kappa shape index (κ2) is 4.34. The third kappa shape index (κ3) is 1.90. The molecule has 1 amide bonds. The van der Waals surface area contributed by atoms with Gasteiger partial charge in [0, 0.05) is 18.7 Å². The highest BCUT2D eigenvalue weighted by molar-refractivity contribution is 6.30. The van der Waals surface area contributed by atoms with E-state index in [9.17, 15) is 4.79 Å². The van der Waals surface area contributed by atoms with E-state index in [0.717, 1.165) is 24.3 Å². The molecule has 3 rings (SSSR count). The number of nitrogens with two attached hydrogens (primary N) is 1. The van der Waals surface area contributed by atoms with Gasteiger partial charge in [0.2, 0.25) is 5.91 Å². The van der Waals surface area contributed by atoms with Gasteiger partial charge in [-0.05, 0) is 13.3 Å². The highest BCUT2D eigenvalue weighted by Gasteiger charge is 2.30. The van der Waals surface area contributed by atoms with Gasteiger partial charge in [-0.2, -0.15) is 19.6 Å². The maximum atomic E-state index is 11.3. The number of rotatable bonds is 2. The van der Waals surface area contributed by atoms with E-state index in [1.54, 1.807) is 4.52 Å². The van der Waals surface area contributed by atoms with Crippen molar-refractivity contribution in [1.82, 2.24) is 19.6 Å². The zero-order valence-electron chi connectivity index (χ0n) is 10.4. The first-order chi connectivity index (χ1) is 9.08. The summed E-state index contributed by atoms with van der Waals surface area (Å²) in [4.78, 5) is 21.5. The Morgan fingerprint density at radius 3 is 3.05 bits per heavy atom. The number of carbonyl (C=O) groups excluding carboxylic acids is 1. The van der Waals surface area contributed by atoms with Crippen molar-refractivity contribution in [1.29, 1.82) is 0 Å². The Morgan fingerprint density at radius 2 is 2.37 bits per heavy atom. The molecule has 100 valence electrons. The lowest BCUT2D eigenvalue weighted by Gasteiger charge is -2.21. The van der Waals surface area contributed by atoms with Gasteiger partial charge >= 0.3 is 0 Å². The van der Waals surface area contributed by atoms with E-state index in [-0.39, 0.29) is 11.8 Å². The molecule has 3 heterocycles. The van der Waals surface area contributed by atoms with Crippen LogP contribution in [0.25, 0.3) is 5.78 Å². The number of nitrogens with zero attached hydrogens (tertiary/aromatic N) is 5. The predicted octanol–water partition coefficient (Wildman–Crippen LogP) is 0.398. The summed E-state index contributed by atoms with van der Waals surface area (Å²) in [6.45, 7) is 3.19. The van der Waals surface area contributed by atoms with Crippen molar-refractivity contribution >= 4 is 29.1 Å². The molecule has 1 fully saturated rings. The first-order valence-electron chi connectivity index (χ1n) is 5.98. The molecule has 0 radical (unpaired) electrons. The summed E-state index contributed by atoms with van der Waals surface area (Å²) in [6, 6.07) is 0. The number of anilines is 1. The fourth-order valence-electron chi connectivity index (χ4n) is 2.44. The van der Waals surface area contributed by atoms with E-state index in [1.165, 1.54) is 6.33 Å². The van der Waals surface area contributed by atoms with Gasteiger partial charge in [0.1, 0.15) is 17.3 Å². The highest BCUT2D eigenvalue weighted by atomic mass is 35.5. The quantitative estimate of drug-likeness (QED) is 0.804. The minimum absolute atomic E-state index is 0.134. The molecule has 1 aliphatic rings. The van der Waals surface area contributed by atoms with Gasteiger partial charge in [-0.25, -0.2) is 0 Å². The lowest BCUT2D eigenvalue weighted by Crippen LogP contribution is -2.29. The number of carbonyl (C=O) groups is 1. The Bertz CT molecular complexity index is 654. The Balaban J connectivity index is 2.07. The number of hydrogen-bond acceptors (Lipinski definition) is 5. The van der Waals surface area contributed by atoms with Crippen LogP contribution in [0.4, 0.5) is 5.82 Å². The maximum Gasteiger partial charge on any atom is 0.255 e. The summed E-state index contributed by atoms with van der Waals surface area (Å²) in [5.74, 6) is 0.879. The van der Waals surface area contributed by atoms with Crippen LogP contribution in [-0.2, 0) is 4.79 Å². The van der Waals surface area contributed by atoms with Gasteiger partial charge in [0.05, 0.1) is 5.92 Å². The zero-order valence-corrected chi connectivity index (χ0v) is 11.1. The molecule has 1 aliphatic heterocycles. The smallest absolute Gasteiger partial charge is 0.255 e. The minimum Gasteiger partial charge on any atom is -0.369 e. The molecule has 2 aromatic heterocycles. The van der Waals surface area contributed by atoms with E-state index in [2.05, 4.69) is 20.0 Å². The van der Waals surface area contributed by atoms with Crippen LogP contribution in [0.5, 0.6) is 0 Å². The van der Waals surface area contributed by atoms with Crippen LogP contribution in [0.2, 0.25) is 5.15 Å². The third-order valence-corrected chi connectivity index (χ3v) is 3.83. The molecule has 1 saturated heterocycles. The van der Waals surface area contributed by atoms with Crippen LogP contribution in [0.3, 0.4) is 0 Å². The topological polar surface area (TPSA) is 89.4 Å². The summed E-state index contributed by atoms with van der Waals surface area (Å²) < 4.78 is 1.64. The van der Waals surface area contributed by atoms with Gasteiger partial charge in [-0.15, -0.1) is 0 Å². The lowest BCUT2D eigenvalue weighted by atomic mass is 10.1. The molecule has 0 bridgehead atoms. The normalized spacial score (nSPS) is 19.3. The van der Waals surface area contributed by atoms with E-state index >= 15 is 0 Å². The van der Waals surface area contributed by atoms with Crippen molar-refractivity contribution in [2.45, 2.75) is 13.3 Å². The average Bonchev–Trinajstić information content (AvgIpc) is 2.99. The van der Waals surface area contributed by atoms with Gasteiger partial charge < -0.3 is 10.6 Å². The fourth-order valence-corrected chi connectivity index (χ4v) is 2.60. The van der Waals surface area contributed by atoms with Crippen LogP contribution in [0, 0.1) is 12.8 Å². The first kappa shape index (κ1) is 12.2. The maximum absolute atomic E-state index is 11.3. The molecule has 0 aliphatic carbocycles. The average molecular weight is 281 g/mol. The summed E-state index contributed by atoms with van der Waals surface area (Å²) in [7, 11) is 0. The fraction of sp³-hybridized carbons (Fsp3) is 0.455. The van der Waals surface area contributed by atoms with Gasteiger partial charge in [0.25, 0.3) is 5.78 Å². The molecular formula is C11H13ClN6O. The van der Waals surface area contributed by atoms with Crippen LogP contribution >= 0.6 is 11.6 Å². The molecule has 1 unspecified atom stereocenters. The number of aromatic nitrogens is 4. The molecule has 2 N–H and O–H groups in total. The van der Waals surface area contributed by atoms with Gasteiger partial charge in [-0.1, -0.05) is 11.6 Å². The molecule has 2 aromatic rings. The van der Waals surface area contributed by atoms with E-state index in [1.807, 2.05) is 6.92 Å². The minimum atomic E-state index is -0.268. The van der Waals surface area contributed by atoms with Crippen molar-refractivity contribution in [2.24, 2.45) is 11.7 Å². The Kier molecular flexibility index (Phi) is 2.78. The monoisotopic (exact) mass is 280 g/mol. The summed E-state index contributed by atoms with van der Waals surface area (Å²) in [6.07, 6.45) is 2.17. The van der Waals surface area contributed by atoms with Crippen LogP contribution in [0.1, 0.15) is 12.0 Å². The van der Waals surface area contributed by atoms with E-state index in [0.29, 0.717) is 17.5 Å². The summed E-state index contributed by atoms with van der Waals surface area (Å²) in [5.41, 5.74) is 6.18.